The van der Waals surface area contributed by atoms with Crippen molar-refractivity contribution in [3.63, 3.8) is 0 Å². The van der Waals surface area contributed by atoms with E-state index in [-0.39, 0.29) is 30.3 Å². The Bertz CT molecular complexity index is 1880. The lowest BCUT2D eigenvalue weighted by Gasteiger charge is -2.14. The van der Waals surface area contributed by atoms with Crippen LogP contribution in [0.4, 0.5) is 14.5 Å². The Morgan fingerprint density at radius 1 is 1.02 bits per heavy atom. The van der Waals surface area contributed by atoms with Gasteiger partial charge in [0.1, 0.15) is 17.1 Å². The summed E-state index contributed by atoms with van der Waals surface area (Å²) in [6.07, 6.45) is 6.05. The van der Waals surface area contributed by atoms with Crippen molar-refractivity contribution >= 4 is 11.6 Å². The van der Waals surface area contributed by atoms with Crippen LogP contribution in [-0.4, -0.2) is 43.5 Å². The number of nitrogens with one attached hydrogen (secondary N) is 1. The van der Waals surface area contributed by atoms with Gasteiger partial charge >= 0.3 is 5.69 Å². The molecule has 11 nitrogen and oxygen atoms in total. The molecule has 5 aromatic rings. The molecule has 5 rings (SSSR count). The molecule has 0 fully saturated rings. The number of hydrogen-bond acceptors (Lipinski definition) is 7. The normalized spacial score (nSPS) is 11.0. The van der Waals surface area contributed by atoms with E-state index in [9.17, 15) is 18.8 Å². The van der Waals surface area contributed by atoms with Crippen LogP contribution in [0.1, 0.15) is 10.4 Å². The second-order valence-electron chi connectivity index (χ2n) is 9.11. The van der Waals surface area contributed by atoms with Gasteiger partial charge in [-0.1, -0.05) is 0 Å². The molecule has 3 heterocycles. The van der Waals surface area contributed by atoms with Crippen molar-refractivity contribution in [3.05, 3.63) is 117 Å². The third kappa shape index (κ3) is 6.00. The lowest BCUT2D eigenvalue weighted by atomic mass is 10.2. The number of pyridine rings is 1. The largest absolute Gasteiger partial charge is 0.454 e. The molecule has 0 saturated heterocycles. The van der Waals surface area contributed by atoms with Crippen LogP contribution in [0.15, 0.2) is 89.0 Å². The highest BCUT2D eigenvalue weighted by Crippen LogP contribution is 2.29. The Balaban J connectivity index is 1.40. The minimum Gasteiger partial charge on any atom is -0.454 e. The number of hydrogen-bond donors (Lipinski definition) is 1. The highest BCUT2D eigenvalue weighted by molar-refractivity contribution is 6.03. The zero-order valence-corrected chi connectivity index (χ0v) is 22.5. The summed E-state index contributed by atoms with van der Waals surface area (Å²) in [7, 11) is 3.21. The summed E-state index contributed by atoms with van der Waals surface area (Å²) in [5, 5.41) is 6.59. The molecule has 1 N–H and O–H groups in total. The van der Waals surface area contributed by atoms with E-state index in [0.717, 1.165) is 39.1 Å². The van der Waals surface area contributed by atoms with Crippen molar-refractivity contribution in [3.8, 4) is 28.4 Å². The molecule has 0 saturated carbocycles. The molecule has 0 unspecified atom stereocenters. The first-order valence-electron chi connectivity index (χ1n) is 12.6. The van der Waals surface area contributed by atoms with Crippen molar-refractivity contribution in [2.24, 2.45) is 7.05 Å². The molecule has 214 valence electrons. The van der Waals surface area contributed by atoms with Gasteiger partial charge in [-0.05, 0) is 42.5 Å². The molecule has 0 aliphatic heterocycles. The molecule has 0 aliphatic rings. The average molecular weight is 575 g/mol. The number of aryl methyl sites for hydroxylation is 1. The molecule has 0 spiro atoms. The number of ether oxygens (including phenoxy) is 2. The first-order chi connectivity index (χ1) is 20.2. The zero-order valence-electron chi connectivity index (χ0n) is 22.5. The Labute approximate surface area is 237 Å². The summed E-state index contributed by atoms with van der Waals surface area (Å²) in [4.78, 5) is 43.7. The fourth-order valence-electron chi connectivity index (χ4n) is 4.10. The summed E-state index contributed by atoms with van der Waals surface area (Å²) in [6, 6.07) is 11.6. The molecule has 0 radical (unpaired) electrons. The number of carbonyl (C=O) groups excluding carboxylic acids is 1. The van der Waals surface area contributed by atoms with E-state index in [1.54, 1.807) is 36.3 Å². The van der Waals surface area contributed by atoms with Gasteiger partial charge in [0.25, 0.3) is 11.5 Å². The molecular formula is C29H24F2N6O5. The molecule has 0 atom stereocenters. The molecule has 3 aromatic heterocycles. The van der Waals surface area contributed by atoms with Gasteiger partial charge in [-0.3, -0.25) is 23.8 Å². The highest BCUT2D eigenvalue weighted by atomic mass is 19.1. The van der Waals surface area contributed by atoms with Gasteiger partial charge in [0.2, 0.25) is 0 Å². The highest BCUT2D eigenvalue weighted by Gasteiger charge is 2.20. The monoisotopic (exact) mass is 574 g/mol. The van der Waals surface area contributed by atoms with Gasteiger partial charge in [0.05, 0.1) is 30.7 Å². The third-order valence-electron chi connectivity index (χ3n) is 6.17. The summed E-state index contributed by atoms with van der Waals surface area (Å²) in [6.45, 7) is 0.158. The minimum absolute atomic E-state index is 0.0370. The zero-order chi connectivity index (χ0) is 29.8. The molecule has 2 aromatic carbocycles. The first kappa shape index (κ1) is 28.1. The van der Waals surface area contributed by atoms with Crippen molar-refractivity contribution in [2.45, 2.75) is 6.54 Å². The van der Waals surface area contributed by atoms with Gasteiger partial charge in [0, 0.05) is 56.1 Å². The van der Waals surface area contributed by atoms with Gasteiger partial charge in [0.15, 0.2) is 11.6 Å². The predicted molar refractivity (Wildman–Crippen MR) is 149 cm³/mol. The summed E-state index contributed by atoms with van der Waals surface area (Å²) < 4.78 is 42.7. The Kier molecular flexibility index (Phi) is 8.02. The van der Waals surface area contributed by atoms with E-state index in [1.807, 2.05) is 0 Å². The van der Waals surface area contributed by atoms with Gasteiger partial charge in [-0.25, -0.2) is 18.1 Å². The fourth-order valence-corrected chi connectivity index (χ4v) is 4.10. The van der Waals surface area contributed by atoms with Crippen molar-refractivity contribution in [2.75, 3.05) is 19.0 Å². The predicted octanol–water partition coefficient (Wildman–Crippen LogP) is 3.76. The molecule has 0 bridgehead atoms. The van der Waals surface area contributed by atoms with Crippen LogP contribution in [-0.2, 0) is 18.3 Å². The maximum atomic E-state index is 15.0. The molecule has 42 heavy (non-hydrogen) atoms. The van der Waals surface area contributed by atoms with Gasteiger partial charge < -0.3 is 14.8 Å². The number of halogens is 2. The fraction of sp³-hybridized carbons (Fsp3) is 0.138. The summed E-state index contributed by atoms with van der Waals surface area (Å²) in [5.41, 5.74) is -0.608. The second-order valence-corrected chi connectivity index (χ2v) is 9.11. The Morgan fingerprint density at radius 3 is 2.50 bits per heavy atom. The maximum absolute atomic E-state index is 15.0. The number of methoxy groups -OCH3 is 1. The quantitative estimate of drug-likeness (QED) is 0.284. The second kappa shape index (κ2) is 12.0. The number of benzene rings is 2. The van der Waals surface area contributed by atoms with E-state index < -0.39 is 34.4 Å². The van der Waals surface area contributed by atoms with Gasteiger partial charge in [-0.15, -0.1) is 0 Å². The van der Waals surface area contributed by atoms with Crippen LogP contribution >= 0.6 is 0 Å². The topological polar surface area (TPSA) is 122 Å². The van der Waals surface area contributed by atoms with Crippen LogP contribution in [0.5, 0.6) is 11.5 Å². The SMILES string of the molecule is COCCn1cc(C(=O)Nc2ccc(Oc3ccnc(-c4cnn(C)c4)c3)c(F)c2)c(=O)n(-c2ccc(F)cc2)c1=O. The number of rotatable bonds is 9. The summed E-state index contributed by atoms with van der Waals surface area (Å²) in [5.74, 6) is -2.00. The maximum Gasteiger partial charge on any atom is 0.335 e. The van der Waals surface area contributed by atoms with Gasteiger partial charge in [-0.2, -0.15) is 5.10 Å². The average Bonchev–Trinajstić information content (AvgIpc) is 3.41. The molecule has 1 amide bonds. The van der Waals surface area contributed by atoms with E-state index >= 15 is 4.39 Å². The van der Waals surface area contributed by atoms with Crippen molar-refractivity contribution in [1.29, 1.82) is 0 Å². The summed E-state index contributed by atoms with van der Waals surface area (Å²) >= 11 is 0. The van der Waals surface area contributed by atoms with Crippen LogP contribution in [0.2, 0.25) is 0 Å². The van der Waals surface area contributed by atoms with Crippen LogP contribution < -0.4 is 21.3 Å². The molecule has 13 heteroatoms. The molecular weight excluding hydrogens is 550 g/mol. The minimum atomic E-state index is -0.930. The number of amides is 1. The lowest BCUT2D eigenvalue weighted by molar-refractivity contribution is 0.102. The van der Waals surface area contributed by atoms with E-state index in [1.165, 1.54) is 37.6 Å². The van der Waals surface area contributed by atoms with Crippen molar-refractivity contribution < 1.29 is 23.0 Å². The number of carbonyl (C=O) groups is 1. The Hall–Kier alpha value is -5.43. The number of aromatic nitrogens is 5. The first-order valence-corrected chi connectivity index (χ1v) is 12.6. The standard InChI is InChI=1S/C29H24F2N6O5/c1-35-16-18(15-33-35)25-14-22(9-10-32-25)42-26-8-5-20(13-24(26)31)34-27(38)23-17-36(11-12-41-2)29(40)37(28(23)39)21-6-3-19(30)4-7-21/h3-10,13-17H,11-12H2,1-2H3,(H,34,38). The van der Waals surface area contributed by atoms with E-state index in [4.69, 9.17) is 9.47 Å². The van der Waals surface area contributed by atoms with Crippen LogP contribution in [0.25, 0.3) is 16.9 Å². The smallest absolute Gasteiger partial charge is 0.335 e. The van der Waals surface area contributed by atoms with Crippen molar-refractivity contribution in [1.82, 2.24) is 23.9 Å². The third-order valence-corrected chi connectivity index (χ3v) is 6.17. The lowest BCUT2D eigenvalue weighted by Crippen LogP contribution is -2.42. The van der Waals surface area contributed by atoms with E-state index in [2.05, 4.69) is 15.4 Å². The molecule has 0 aliphatic carbocycles. The Morgan fingerprint density at radius 2 is 1.81 bits per heavy atom. The van der Waals surface area contributed by atoms with E-state index in [0.29, 0.717) is 11.4 Å². The van der Waals surface area contributed by atoms with Crippen LogP contribution in [0, 0.1) is 11.6 Å². The van der Waals surface area contributed by atoms with Crippen LogP contribution in [0.3, 0.4) is 0 Å². The number of nitrogens with zero attached hydrogens (tertiary/aromatic N) is 5. The number of anilines is 1.